The Labute approximate surface area is 206 Å². The van der Waals surface area contributed by atoms with E-state index in [1.807, 2.05) is 30.3 Å². The van der Waals surface area contributed by atoms with Gasteiger partial charge in [-0.15, -0.1) is 0 Å². The number of nitrogens with one attached hydrogen (secondary N) is 2. The second-order valence-corrected chi connectivity index (χ2v) is 8.45. The summed E-state index contributed by atoms with van der Waals surface area (Å²) in [5, 5.41) is 6.06. The average Bonchev–Trinajstić information content (AvgIpc) is 3.66. The van der Waals surface area contributed by atoms with Gasteiger partial charge in [-0.05, 0) is 35.7 Å². The number of para-hydroxylation sites is 1. The van der Waals surface area contributed by atoms with Gasteiger partial charge in [0.15, 0.2) is 0 Å². The maximum atomic E-state index is 12.9. The maximum absolute atomic E-state index is 12.9. The molecule has 36 heavy (non-hydrogen) atoms. The summed E-state index contributed by atoms with van der Waals surface area (Å²) in [6, 6.07) is 21.1. The molecule has 1 aliphatic carbocycles. The van der Waals surface area contributed by atoms with Crippen molar-refractivity contribution in [1.82, 2.24) is 10.6 Å². The molecule has 3 aromatic rings. The van der Waals surface area contributed by atoms with Gasteiger partial charge in [-0.2, -0.15) is 13.2 Å². The van der Waals surface area contributed by atoms with Crippen molar-refractivity contribution in [3.8, 4) is 11.5 Å². The molecule has 1 saturated carbocycles. The summed E-state index contributed by atoms with van der Waals surface area (Å²) in [7, 11) is 1.60. The van der Waals surface area contributed by atoms with Gasteiger partial charge in [0.25, 0.3) is 5.91 Å². The Morgan fingerprint density at radius 3 is 2.39 bits per heavy atom. The van der Waals surface area contributed by atoms with Crippen LogP contribution in [-0.2, 0) is 17.9 Å². The molecule has 0 spiro atoms. The molecule has 3 aromatic carbocycles. The molecular formula is C27H25F3N2O4. The third-order valence-corrected chi connectivity index (χ3v) is 5.95. The van der Waals surface area contributed by atoms with E-state index in [4.69, 9.17) is 4.74 Å². The lowest BCUT2D eigenvalue weighted by molar-refractivity contribution is -0.189. The van der Waals surface area contributed by atoms with Crippen LogP contribution in [0.15, 0.2) is 72.8 Å². The van der Waals surface area contributed by atoms with Crippen LogP contribution < -0.4 is 20.1 Å². The molecule has 1 amide bonds. The highest BCUT2D eigenvalue weighted by molar-refractivity contribution is 5.98. The Kier molecular flexibility index (Phi) is 7.59. The van der Waals surface area contributed by atoms with Gasteiger partial charge in [0.1, 0.15) is 11.5 Å². The number of hydrogen-bond acceptors (Lipinski definition) is 5. The minimum absolute atomic E-state index is 0.00414. The van der Waals surface area contributed by atoms with E-state index in [1.54, 1.807) is 37.4 Å². The highest BCUT2D eigenvalue weighted by Gasteiger charge is 2.43. The van der Waals surface area contributed by atoms with Crippen LogP contribution in [0.3, 0.4) is 0 Å². The first-order valence-electron chi connectivity index (χ1n) is 11.4. The number of carbonyl (C=O) groups excluding carboxylic acids is 2. The van der Waals surface area contributed by atoms with Crippen LogP contribution in [0, 0.1) is 0 Å². The molecule has 0 saturated heterocycles. The average molecular weight is 499 g/mol. The highest BCUT2D eigenvalue weighted by atomic mass is 19.4. The zero-order valence-electron chi connectivity index (χ0n) is 19.5. The summed E-state index contributed by atoms with van der Waals surface area (Å²) < 4.78 is 48.7. The molecule has 0 aliphatic heterocycles. The van der Waals surface area contributed by atoms with Crippen molar-refractivity contribution in [1.29, 1.82) is 0 Å². The van der Waals surface area contributed by atoms with Gasteiger partial charge in [0, 0.05) is 30.6 Å². The highest BCUT2D eigenvalue weighted by Crippen LogP contribution is 2.43. The first-order valence-corrected chi connectivity index (χ1v) is 11.4. The second-order valence-electron chi connectivity index (χ2n) is 8.45. The quantitative estimate of drug-likeness (QED) is 0.329. The summed E-state index contributed by atoms with van der Waals surface area (Å²) >= 11 is 0. The Hall–Kier alpha value is -3.85. The number of benzene rings is 3. The Bertz CT molecular complexity index is 1230. The van der Waals surface area contributed by atoms with Crippen LogP contribution >= 0.6 is 0 Å². The predicted octanol–water partition coefficient (Wildman–Crippen LogP) is 4.74. The number of rotatable bonds is 9. The molecular weight excluding hydrogens is 473 g/mol. The van der Waals surface area contributed by atoms with Crippen molar-refractivity contribution in [3.05, 3.63) is 95.1 Å². The number of carbonyl (C=O) groups is 2. The standard InChI is InChI=1S/C27H25F3N2O4/c1-35-23-10-6-5-9-19(23)16-31-22-14-21(22)18-11-12-20(24(13-18)36-26(34)27(28,29)30)25(33)32-15-17-7-3-2-4-8-17/h2-13,21-22,31H,14-16H2,1H3,(H,32,33). The summed E-state index contributed by atoms with van der Waals surface area (Å²) in [5.74, 6) is -2.68. The van der Waals surface area contributed by atoms with E-state index < -0.39 is 23.8 Å². The van der Waals surface area contributed by atoms with Crippen LogP contribution in [0.2, 0.25) is 0 Å². The van der Waals surface area contributed by atoms with E-state index >= 15 is 0 Å². The lowest BCUT2D eigenvalue weighted by Crippen LogP contribution is -2.30. The van der Waals surface area contributed by atoms with Crippen molar-refractivity contribution in [2.75, 3.05) is 7.11 Å². The molecule has 0 radical (unpaired) electrons. The first kappa shape index (κ1) is 25.2. The monoisotopic (exact) mass is 498 g/mol. The van der Waals surface area contributed by atoms with Crippen molar-refractivity contribution < 1.29 is 32.2 Å². The second kappa shape index (κ2) is 10.8. The van der Waals surface area contributed by atoms with Crippen molar-refractivity contribution in [2.24, 2.45) is 0 Å². The molecule has 9 heteroatoms. The third-order valence-electron chi connectivity index (χ3n) is 5.95. The lowest BCUT2D eigenvalue weighted by Gasteiger charge is -2.14. The van der Waals surface area contributed by atoms with E-state index in [0.29, 0.717) is 12.1 Å². The summed E-state index contributed by atoms with van der Waals surface area (Å²) in [6.45, 7) is 0.729. The van der Waals surface area contributed by atoms with Crippen LogP contribution in [-0.4, -0.2) is 31.2 Å². The van der Waals surface area contributed by atoms with Crippen LogP contribution in [0.5, 0.6) is 11.5 Å². The third kappa shape index (κ3) is 6.23. The van der Waals surface area contributed by atoms with Gasteiger partial charge < -0.3 is 20.1 Å². The molecule has 1 aliphatic rings. The molecule has 0 aromatic heterocycles. The predicted molar refractivity (Wildman–Crippen MR) is 127 cm³/mol. The van der Waals surface area contributed by atoms with Crippen molar-refractivity contribution >= 4 is 11.9 Å². The van der Waals surface area contributed by atoms with Crippen molar-refractivity contribution in [3.63, 3.8) is 0 Å². The van der Waals surface area contributed by atoms with E-state index in [2.05, 4.69) is 15.4 Å². The van der Waals surface area contributed by atoms with Gasteiger partial charge in [0.05, 0.1) is 12.7 Å². The van der Waals surface area contributed by atoms with Crippen molar-refractivity contribution in [2.45, 2.75) is 37.6 Å². The molecule has 2 N–H and O–H groups in total. The van der Waals surface area contributed by atoms with Gasteiger partial charge in [-0.1, -0.05) is 54.6 Å². The van der Waals surface area contributed by atoms with Gasteiger partial charge in [0.2, 0.25) is 0 Å². The summed E-state index contributed by atoms with van der Waals surface area (Å²) in [4.78, 5) is 24.3. The number of alkyl halides is 3. The molecule has 188 valence electrons. The SMILES string of the molecule is COc1ccccc1CNC1CC1c1ccc(C(=O)NCc2ccccc2)c(OC(=O)C(F)(F)F)c1. The normalized spacial score (nSPS) is 16.8. The first-order chi connectivity index (χ1) is 17.3. The number of esters is 1. The zero-order valence-corrected chi connectivity index (χ0v) is 19.5. The van der Waals surface area contributed by atoms with Crippen LogP contribution in [0.1, 0.15) is 39.4 Å². The fourth-order valence-electron chi connectivity index (χ4n) is 3.95. The molecule has 1 fully saturated rings. The Morgan fingerprint density at radius 1 is 0.944 bits per heavy atom. The minimum atomic E-state index is -5.19. The Morgan fingerprint density at radius 2 is 1.67 bits per heavy atom. The number of hydrogen-bond donors (Lipinski definition) is 2. The van der Waals surface area contributed by atoms with E-state index in [1.165, 1.54) is 12.1 Å². The van der Waals surface area contributed by atoms with Crippen LogP contribution in [0.4, 0.5) is 13.2 Å². The summed E-state index contributed by atoms with van der Waals surface area (Å²) in [6.07, 6.45) is -4.44. The van der Waals surface area contributed by atoms with Gasteiger partial charge in [-0.25, -0.2) is 4.79 Å². The molecule has 0 heterocycles. The van der Waals surface area contributed by atoms with Gasteiger partial charge in [-0.3, -0.25) is 4.79 Å². The molecule has 0 bridgehead atoms. The molecule has 4 rings (SSSR count). The Balaban J connectivity index is 1.47. The summed E-state index contributed by atoms with van der Waals surface area (Å²) in [5.41, 5.74) is 2.33. The largest absolute Gasteiger partial charge is 0.496 e. The number of halogens is 3. The molecule has 2 unspecified atom stereocenters. The fraction of sp³-hybridized carbons (Fsp3) is 0.259. The number of amides is 1. The maximum Gasteiger partial charge on any atom is 0.491 e. The van der Waals surface area contributed by atoms with Gasteiger partial charge >= 0.3 is 12.1 Å². The molecule has 2 atom stereocenters. The van der Waals surface area contributed by atoms with E-state index in [0.717, 1.165) is 23.3 Å². The minimum Gasteiger partial charge on any atom is -0.496 e. The zero-order chi connectivity index (χ0) is 25.7. The van der Waals surface area contributed by atoms with Crippen LogP contribution in [0.25, 0.3) is 0 Å². The molecule has 6 nitrogen and oxygen atoms in total. The fourth-order valence-corrected chi connectivity index (χ4v) is 3.95. The van der Waals surface area contributed by atoms with E-state index in [-0.39, 0.29) is 24.1 Å². The lowest BCUT2D eigenvalue weighted by atomic mass is 10.1. The smallest absolute Gasteiger partial charge is 0.491 e. The number of methoxy groups -OCH3 is 1. The number of ether oxygens (including phenoxy) is 2. The topological polar surface area (TPSA) is 76.7 Å². The van der Waals surface area contributed by atoms with E-state index in [9.17, 15) is 22.8 Å².